The number of unbranched alkanes of at least 4 members (excludes halogenated alkanes) is 1. The number of hydrogen-bond donors (Lipinski definition) is 0. The first-order valence-electron chi connectivity index (χ1n) is 8.38. The van der Waals surface area contributed by atoms with Crippen LogP contribution in [0, 0.1) is 0 Å². The number of likely N-dealkylation sites (tertiary alicyclic amines) is 1. The fourth-order valence-electron chi connectivity index (χ4n) is 2.83. The number of benzene rings is 1. The highest BCUT2D eigenvalue weighted by molar-refractivity contribution is 5.27. The Bertz CT molecular complexity index is 373. The predicted octanol–water partition coefficient (Wildman–Crippen LogP) is 4.23. The lowest BCUT2D eigenvalue weighted by Crippen LogP contribution is -2.30. The molecular formula is C18H28FNO. The Morgan fingerprint density at radius 1 is 0.952 bits per heavy atom. The van der Waals surface area contributed by atoms with Crippen LogP contribution in [0.15, 0.2) is 24.3 Å². The van der Waals surface area contributed by atoms with Gasteiger partial charge in [-0.2, -0.15) is 0 Å². The van der Waals surface area contributed by atoms with Crippen LogP contribution in [0.1, 0.15) is 44.1 Å². The highest BCUT2D eigenvalue weighted by Gasteiger charge is 2.09. The average Bonchev–Trinajstić information content (AvgIpc) is 2.54. The second-order valence-electron chi connectivity index (χ2n) is 5.89. The summed E-state index contributed by atoms with van der Waals surface area (Å²) in [5.74, 6) is 0.897. The lowest BCUT2D eigenvalue weighted by atomic mass is 10.1. The zero-order chi connectivity index (χ0) is 14.8. The van der Waals surface area contributed by atoms with E-state index >= 15 is 0 Å². The number of ether oxygens (including phenoxy) is 1. The van der Waals surface area contributed by atoms with Crippen LogP contribution in [0.2, 0.25) is 0 Å². The number of nitrogens with zero attached hydrogens (tertiary/aromatic N) is 1. The van der Waals surface area contributed by atoms with E-state index in [-0.39, 0.29) is 6.67 Å². The van der Waals surface area contributed by atoms with Gasteiger partial charge in [-0.25, -0.2) is 0 Å². The summed E-state index contributed by atoms with van der Waals surface area (Å²) in [4.78, 5) is 2.59. The van der Waals surface area contributed by atoms with Crippen molar-refractivity contribution >= 4 is 0 Å². The van der Waals surface area contributed by atoms with Crippen molar-refractivity contribution in [3.8, 4) is 5.75 Å². The van der Waals surface area contributed by atoms with Crippen molar-refractivity contribution in [3.63, 3.8) is 0 Å². The first-order valence-corrected chi connectivity index (χ1v) is 8.38. The van der Waals surface area contributed by atoms with Gasteiger partial charge in [0.25, 0.3) is 0 Å². The van der Waals surface area contributed by atoms with Gasteiger partial charge in [0.15, 0.2) is 0 Å². The van der Waals surface area contributed by atoms with E-state index in [4.69, 9.17) is 4.74 Å². The van der Waals surface area contributed by atoms with Crippen LogP contribution in [-0.2, 0) is 6.42 Å². The molecule has 0 amide bonds. The summed E-state index contributed by atoms with van der Waals surface area (Å²) >= 11 is 0. The smallest absolute Gasteiger partial charge is 0.119 e. The Hall–Kier alpha value is -1.09. The summed E-state index contributed by atoms with van der Waals surface area (Å²) in [6.45, 7) is 4.15. The summed E-state index contributed by atoms with van der Waals surface area (Å²) in [6.07, 6.45) is 7.89. The molecule has 0 radical (unpaired) electrons. The number of aryl methyl sites for hydroxylation is 1. The van der Waals surface area contributed by atoms with Crippen molar-refractivity contribution in [1.29, 1.82) is 0 Å². The Kier molecular flexibility index (Phi) is 7.58. The van der Waals surface area contributed by atoms with Crippen LogP contribution < -0.4 is 4.74 Å². The van der Waals surface area contributed by atoms with Gasteiger partial charge in [-0.15, -0.1) is 0 Å². The maximum atomic E-state index is 12.0. The maximum Gasteiger partial charge on any atom is 0.119 e. The molecule has 0 atom stereocenters. The molecule has 1 saturated heterocycles. The Morgan fingerprint density at radius 2 is 1.71 bits per heavy atom. The zero-order valence-corrected chi connectivity index (χ0v) is 13.0. The third-order valence-electron chi connectivity index (χ3n) is 4.11. The van der Waals surface area contributed by atoms with E-state index in [0.29, 0.717) is 13.0 Å². The van der Waals surface area contributed by atoms with Gasteiger partial charge >= 0.3 is 0 Å². The third-order valence-corrected chi connectivity index (χ3v) is 4.11. The summed E-state index contributed by atoms with van der Waals surface area (Å²) in [7, 11) is 0. The molecule has 1 heterocycles. The van der Waals surface area contributed by atoms with E-state index in [2.05, 4.69) is 17.0 Å². The van der Waals surface area contributed by atoms with Crippen LogP contribution >= 0.6 is 0 Å². The number of alkyl halides is 1. The lowest BCUT2D eigenvalue weighted by Gasteiger charge is -2.26. The Morgan fingerprint density at radius 3 is 2.43 bits per heavy atom. The minimum Gasteiger partial charge on any atom is -0.494 e. The van der Waals surface area contributed by atoms with Crippen LogP contribution in [0.25, 0.3) is 0 Å². The zero-order valence-electron chi connectivity index (χ0n) is 13.0. The van der Waals surface area contributed by atoms with E-state index in [1.165, 1.54) is 50.9 Å². The molecule has 2 rings (SSSR count). The van der Waals surface area contributed by atoms with Crippen molar-refractivity contribution in [2.75, 3.05) is 32.9 Å². The second-order valence-corrected chi connectivity index (χ2v) is 5.89. The standard InChI is InChI=1S/C18H28FNO/c19-12-2-5-16-21-18-10-8-17(9-11-18)7-6-15-20-13-3-1-4-14-20/h8-11H,1-7,12-16H2. The maximum absolute atomic E-state index is 12.0. The highest BCUT2D eigenvalue weighted by Crippen LogP contribution is 2.15. The predicted molar refractivity (Wildman–Crippen MR) is 85.8 cm³/mol. The second kappa shape index (κ2) is 9.78. The third kappa shape index (κ3) is 6.47. The molecule has 1 aliphatic heterocycles. The molecular weight excluding hydrogens is 265 g/mol. The fourth-order valence-corrected chi connectivity index (χ4v) is 2.83. The molecule has 0 spiro atoms. The van der Waals surface area contributed by atoms with Crippen LogP contribution in [0.3, 0.4) is 0 Å². The van der Waals surface area contributed by atoms with Crippen molar-refractivity contribution in [2.45, 2.75) is 44.9 Å². The minimum atomic E-state index is -0.251. The Labute approximate surface area is 128 Å². The largest absolute Gasteiger partial charge is 0.494 e. The van der Waals surface area contributed by atoms with Crippen molar-refractivity contribution in [1.82, 2.24) is 4.90 Å². The van der Waals surface area contributed by atoms with Crippen LogP contribution in [0.5, 0.6) is 5.75 Å². The number of hydrogen-bond acceptors (Lipinski definition) is 2. The van der Waals surface area contributed by atoms with Gasteiger partial charge in [-0.1, -0.05) is 18.6 Å². The first kappa shape index (κ1) is 16.3. The number of rotatable bonds is 9. The van der Waals surface area contributed by atoms with Crippen molar-refractivity contribution in [3.05, 3.63) is 29.8 Å². The van der Waals surface area contributed by atoms with E-state index in [1.54, 1.807) is 0 Å². The van der Waals surface area contributed by atoms with Gasteiger partial charge < -0.3 is 9.64 Å². The highest BCUT2D eigenvalue weighted by atomic mass is 19.1. The molecule has 2 nitrogen and oxygen atoms in total. The van der Waals surface area contributed by atoms with Gasteiger partial charge in [0.1, 0.15) is 5.75 Å². The average molecular weight is 293 g/mol. The molecule has 1 aliphatic rings. The summed E-state index contributed by atoms with van der Waals surface area (Å²) in [5, 5.41) is 0. The molecule has 0 unspecified atom stereocenters. The monoisotopic (exact) mass is 293 g/mol. The molecule has 21 heavy (non-hydrogen) atoms. The molecule has 0 saturated carbocycles. The summed E-state index contributed by atoms with van der Waals surface area (Å²) < 4.78 is 17.6. The van der Waals surface area contributed by atoms with E-state index in [1.807, 2.05) is 12.1 Å². The lowest BCUT2D eigenvalue weighted by molar-refractivity contribution is 0.226. The summed E-state index contributed by atoms with van der Waals surface area (Å²) in [6, 6.07) is 8.37. The topological polar surface area (TPSA) is 12.5 Å². The SMILES string of the molecule is FCCCCOc1ccc(CCCN2CCCCC2)cc1. The number of halogens is 1. The van der Waals surface area contributed by atoms with Crippen LogP contribution in [0.4, 0.5) is 4.39 Å². The quantitative estimate of drug-likeness (QED) is 0.632. The van der Waals surface area contributed by atoms with Crippen LogP contribution in [-0.4, -0.2) is 37.8 Å². The molecule has 0 N–H and O–H groups in total. The van der Waals surface area contributed by atoms with Gasteiger partial charge in [0, 0.05) is 0 Å². The fraction of sp³-hybridized carbons (Fsp3) is 0.667. The van der Waals surface area contributed by atoms with E-state index in [9.17, 15) is 4.39 Å². The van der Waals surface area contributed by atoms with Gasteiger partial charge in [-0.3, -0.25) is 4.39 Å². The van der Waals surface area contributed by atoms with Gasteiger partial charge in [0.05, 0.1) is 13.3 Å². The van der Waals surface area contributed by atoms with Crippen molar-refractivity contribution in [2.24, 2.45) is 0 Å². The molecule has 0 aliphatic carbocycles. The molecule has 0 bridgehead atoms. The summed E-state index contributed by atoms with van der Waals surface area (Å²) in [5.41, 5.74) is 1.38. The molecule has 118 valence electrons. The van der Waals surface area contributed by atoms with Crippen molar-refractivity contribution < 1.29 is 9.13 Å². The Balaban J connectivity index is 1.62. The molecule has 1 aromatic rings. The first-order chi connectivity index (χ1) is 10.4. The van der Waals surface area contributed by atoms with E-state index < -0.39 is 0 Å². The molecule has 1 aromatic carbocycles. The molecule has 1 fully saturated rings. The number of piperidine rings is 1. The van der Waals surface area contributed by atoms with E-state index in [0.717, 1.165) is 18.6 Å². The molecule has 0 aromatic heterocycles. The van der Waals surface area contributed by atoms with Gasteiger partial charge in [-0.05, 0) is 75.9 Å². The normalized spacial score (nSPS) is 16.0. The minimum absolute atomic E-state index is 0.251. The molecule has 3 heteroatoms. The van der Waals surface area contributed by atoms with Gasteiger partial charge in [0.2, 0.25) is 0 Å².